The molecule has 10 heteroatoms. The van der Waals surface area contributed by atoms with Crippen LogP contribution in [0.1, 0.15) is 79.7 Å². The summed E-state index contributed by atoms with van der Waals surface area (Å²) in [6.07, 6.45) is 5.34. The Hall–Kier alpha value is -3.03. The van der Waals surface area contributed by atoms with Crippen molar-refractivity contribution < 1.29 is 18.9 Å². The Morgan fingerprint density at radius 3 is 2.34 bits per heavy atom. The van der Waals surface area contributed by atoms with Crippen LogP contribution >= 0.6 is 0 Å². The van der Waals surface area contributed by atoms with Crippen LogP contribution in [-0.2, 0) is 4.79 Å². The second kappa shape index (κ2) is 11.7. The smallest absolute Gasteiger partial charge is 0.343 e. The van der Waals surface area contributed by atoms with E-state index in [1.165, 1.54) is 0 Å². The van der Waals surface area contributed by atoms with E-state index >= 15 is 0 Å². The highest BCUT2D eigenvalue weighted by molar-refractivity contribution is 5.92. The third kappa shape index (κ3) is 5.46. The summed E-state index contributed by atoms with van der Waals surface area (Å²) in [7, 11) is 0. The van der Waals surface area contributed by atoms with E-state index in [2.05, 4.69) is 28.2 Å². The Balaban J connectivity index is 1.30. The fraction of sp³-hybridized carbons (Fsp3) is 0.710. The van der Waals surface area contributed by atoms with Gasteiger partial charge in [-0.3, -0.25) is 9.28 Å². The largest absolute Gasteiger partial charge is 0.348 e. The fourth-order valence-electron chi connectivity index (χ4n) is 7.97. The number of likely N-dealkylation sites (tertiary alicyclic amines) is 2. The maximum atomic E-state index is 14.6. The van der Waals surface area contributed by atoms with E-state index in [0.717, 1.165) is 89.9 Å². The number of carbonyl (C=O) groups excluding carboxylic acids is 3. The van der Waals surface area contributed by atoms with Gasteiger partial charge in [-0.15, -0.1) is 0 Å². The Morgan fingerprint density at radius 1 is 1.10 bits per heavy atom. The first kappa shape index (κ1) is 29.5. The summed E-state index contributed by atoms with van der Waals surface area (Å²) in [5, 5.41) is 12.9. The number of urea groups is 1. The molecule has 0 unspecified atom stereocenters. The number of aromatic nitrogens is 1. The Bertz CT molecular complexity index is 1200. The maximum Gasteiger partial charge on any atom is 0.348 e. The molecular weight excluding hydrogens is 518 g/mol. The van der Waals surface area contributed by atoms with Gasteiger partial charge in [0, 0.05) is 84.5 Å². The van der Waals surface area contributed by atoms with Crippen LogP contribution in [0.3, 0.4) is 0 Å². The lowest BCUT2D eigenvalue weighted by molar-refractivity contribution is -0.907. The van der Waals surface area contributed by atoms with E-state index < -0.39 is 0 Å². The maximum absolute atomic E-state index is 14.6. The highest BCUT2D eigenvalue weighted by atomic mass is 16.2. The standard InChI is InChI=1S/C31H46N7O3/c1-22-19-26(20-32)34-23(2)28(22)29(40)38(31(4)9-11-33-12-10-31)17-7-27(8-18-38)37-16-15-36(30(37)41)21-25-5-13-35(14-6-25)24(3)39/h19,25,27,33H,5-18,21H2,1-4H3/q+1. The molecule has 0 radical (unpaired) electrons. The molecule has 1 N–H and O–H groups in total. The molecule has 4 amide bonds. The summed E-state index contributed by atoms with van der Waals surface area (Å²) >= 11 is 0. The molecule has 0 atom stereocenters. The van der Waals surface area contributed by atoms with Gasteiger partial charge in [0.1, 0.15) is 22.9 Å². The van der Waals surface area contributed by atoms with Crippen molar-refractivity contribution in [3.63, 3.8) is 0 Å². The van der Waals surface area contributed by atoms with Gasteiger partial charge in [0.25, 0.3) is 0 Å². The zero-order chi connectivity index (χ0) is 29.4. The van der Waals surface area contributed by atoms with Gasteiger partial charge in [-0.05, 0) is 51.2 Å². The number of rotatable bonds is 5. The predicted molar refractivity (Wildman–Crippen MR) is 155 cm³/mol. The van der Waals surface area contributed by atoms with Crippen LogP contribution in [-0.4, -0.2) is 112 Å². The molecule has 41 heavy (non-hydrogen) atoms. The first-order valence-electron chi connectivity index (χ1n) is 15.4. The van der Waals surface area contributed by atoms with E-state index in [0.29, 0.717) is 40.4 Å². The summed E-state index contributed by atoms with van der Waals surface area (Å²) in [5.74, 6) is 0.692. The number of piperidine rings is 3. The number of nitriles is 1. The lowest BCUT2D eigenvalue weighted by atomic mass is 9.81. The van der Waals surface area contributed by atoms with E-state index in [9.17, 15) is 19.6 Å². The highest BCUT2D eigenvalue weighted by Crippen LogP contribution is 2.41. The molecule has 0 aromatic carbocycles. The van der Waals surface area contributed by atoms with Gasteiger partial charge in [-0.1, -0.05) is 0 Å². The molecule has 4 aliphatic rings. The number of hydrogen-bond donors (Lipinski definition) is 1. The summed E-state index contributed by atoms with van der Waals surface area (Å²) in [6.45, 7) is 14.7. The van der Waals surface area contributed by atoms with Crippen molar-refractivity contribution in [2.24, 2.45) is 5.92 Å². The van der Waals surface area contributed by atoms with Crippen LogP contribution in [0.5, 0.6) is 0 Å². The number of carbonyl (C=O) groups is 3. The van der Waals surface area contributed by atoms with Crippen molar-refractivity contribution in [2.75, 3.05) is 58.9 Å². The number of pyridine rings is 1. The molecule has 10 nitrogen and oxygen atoms in total. The number of nitrogens with one attached hydrogen (secondary N) is 1. The van der Waals surface area contributed by atoms with Gasteiger partial charge in [-0.25, -0.2) is 14.6 Å². The summed E-state index contributed by atoms with van der Waals surface area (Å²) < 4.78 is 0.390. The minimum absolute atomic E-state index is 0.117. The molecule has 0 spiro atoms. The van der Waals surface area contributed by atoms with Crippen LogP contribution in [0, 0.1) is 31.1 Å². The Kier molecular flexibility index (Phi) is 8.40. The molecule has 0 aliphatic carbocycles. The van der Waals surface area contributed by atoms with E-state index in [4.69, 9.17) is 0 Å². The van der Waals surface area contributed by atoms with Crippen molar-refractivity contribution in [3.8, 4) is 6.07 Å². The van der Waals surface area contributed by atoms with Gasteiger partial charge in [0.05, 0.1) is 18.8 Å². The molecule has 4 aliphatic heterocycles. The van der Waals surface area contributed by atoms with Gasteiger partial charge in [0.15, 0.2) is 0 Å². The van der Waals surface area contributed by atoms with Crippen molar-refractivity contribution in [3.05, 3.63) is 28.6 Å². The Morgan fingerprint density at radius 2 is 1.76 bits per heavy atom. The highest BCUT2D eigenvalue weighted by Gasteiger charge is 2.56. The Labute approximate surface area is 244 Å². The monoisotopic (exact) mass is 564 g/mol. The number of quaternary nitrogens is 1. The first-order valence-corrected chi connectivity index (χ1v) is 15.4. The molecule has 0 bridgehead atoms. The topological polar surface area (TPSA) is 110 Å². The predicted octanol–water partition coefficient (Wildman–Crippen LogP) is 2.83. The molecule has 5 rings (SSSR count). The summed E-state index contributed by atoms with van der Waals surface area (Å²) in [6, 6.07) is 4.12. The molecular formula is C31H46N7O3+. The fourth-order valence-corrected chi connectivity index (χ4v) is 7.97. The van der Waals surface area contributed by atoms with Gasteiger partial charge < -0.3 is 20.0 Å². The van der Waals surface area contributed by atoms with Gasteiger partial charge >= 0.3 is 11.9 Å². The quantitative estimate of drug-likeness (QED) is 0.551. The zero-order valence-corrected chi connectivity index (χ0v) is 25.2. The zero-order valence-electron chi connectivity index (χ0n) is 25.2. The van der Waals surface area contributed by atoms with Crippen LogP contribution in [0.4, 0.5) is 4.79 Å². The van der Waals surface area contributed by atoms with Gasteiger partial charge in [0.2, 0.25) is 5.91 Å². The number of hydrogen-bond acceptors (Lipinski definition) is 6. The molecule has 1 aromatic heterocycles. The number of aryl methyl sites for hydroxylation is 2. The first-order chi connectivity index (χ1) is 19.6. The molecule has 4 saturated heterocycles. The van der Waals surface area contributed by atoms with Crippen LogP contribution < -0.4 is 5.32 Å². The van der Waals surface area contributed by atoms with E-state index in [-0.39, 0.29) is 29.4 Å². The number of amides is 4. The summed E-state index contributed by atoms with van der Waals surface area (Å²) in [4.78, 5) is 50.3. The van der Waals surface area contributed by atoms with Crippen LogP contribution in [0.25, 0.3) is 0 Å². The third-order valence-corrected chi connectivity index (χ3v) is 10.6. The van der Waals surface area contributed by atoms with Crippen molar-refractivity contribution >= 4 is 17.8 Å². The van der Waals surface area contributed by atoms with Crippen LogP contribution in [0.2, 0.25) is 0 Å². The molecule has 5 heterocycles. The average molecular weight is 565 g/mol. The van der Waals surface area contributed by atoms with Crippen molar-refractivity contribution in [1.82, 2.24) is 25.0 Å². The molecule has 222 valence electrons. The molecule has 1 aromatic rings. The SMILES string of the molecule is CC(=O)N1CCC(CN2CCN(C3CC[N+](C(=O)c4c(C)cc(C#N)nc4C)(C4(C)CCNCC4)CC3)C2=O)CC1. The lowest BCUT2D eigenvalue weighted by Crippen LogP contribution is -2.72. The lowest BCUT2D eigenvalue weighted by Gasteiger charge is -2.54. The van der Waals surface area contributed by atoms with Crippen molar-refractivity contribution in [1.29, 1.82) is 5.26 Å². The van der Waals surface area contributed by atoms with E-state index in [1.807, 2.05) is 23.6 Å². The minimum Gasteiger partial charge on any atom is -0.343 e. The second-order valence-corrected chi connectivity index (χ2v) is 13.0. The normalized spacial score (nSPS) is 27.1. The molecule has 4 fully saturated rings. The van der Waals surface area contributed by atoms with Crippen LogP contribution in [0.15, 0.2) is 6.07 Å². The minimum atomic E-state index is -0.199. The number of nitrogens with zero attached hydrogens (tertiary/aromatic N) is 6. The average Bonchev–Trinajstić information content (AvgIpc) is 3.32. The third-order valence-electron chi connectivity index (χ3n) is 10.6. The summed E-state index contributed by atoms with van der Waals surface area (Å²) in [5.41, 5.74) is 2.24. The van der Waals surface area contributed by atoms with Gasteiger partial charge in [-0.2, -0.15) is 5.26 Å². The molecule has 0 saturated carbocycles. The second-order valence-electron chi connectivity index (χ2n) is 13.0. The van der Waals surface area contributed by atoms with E-state index in [1.54, 1.807) is 13.0 Å². The van der Waals surface area contributed by atoms with Crippen molar-refractivity contribution in [2.45, 2.75) is 77.8 Å².